The summed E-state index contributed by atoms with van der Waals surface area (Å²) >= 11 is 0.919. The Balaban J connectivity index is 2.94. The molecule has 3 N–H and O–H groups in total. The Labute approximate surface area is 65.5 Å². The number of aliphatic carboxylic acids is 1. The summed E-state index contributed by atoms with van der Waals surface area (Å²) in [5, 5.41) is 9.55. The van der Waals surface area contributed by atoms with Gasteiger partial charge in [-0.05, 0) is 0 Å². The van der Waals surface area contributed by atoms with E-state index in [2.05, 4.69) is 4.98 Å². The van der Waals surface area contributed by atoms with E-state index in [1.54, 1.807) is 0 Å². The average Bonchev–Trinajstić information content (AvgIpc) is 2.34. The SMILES string of the molecule is Nc1csc(C(=O)C(=O)O)n1. The van der Waals surface area contributed by atoms with E-state index in [0.29, 0.717) is 0 Å². The lowest BCUT2D eigenvalue weighted by atomic mass is 10.4. The molecule has 6 heteroatoms. The number of nitrogens with two attached hydrogens (primary N) is 1. The monoisotopic (exact) mass is 172 g/mol. The van der Waals surface area contributed by atoms with Gasteiger partial charge in [0, 0.05) is 5.38 Å². The first kappa shape index (κ1) is 7.67. The molecule has 0 spiro atoms. The number of hydrogen-bond acceptors (Lipinski definition) is 5. The van der Waals surface area contributed by atoms with Crippen LogP contribution in [0.2, 0.25) is 0 Å². The Hall–Kier alpha value is -1.43. The standard InChI is InChI=1S/C5H4N2O3S/c6-2-1-11-4(7-2)3(8)5(9)10/h1H,6H2,(H,9,10). The maximum Gasteiger partial charge on any atom is 0.379 e. The van der Waals surface area contributed by atoms with E-state index in [9.17, 15) is 9.59 Å². The molecule has 0 aliphatic heterocycles. The van der Waals surface area contributed by atoms with Gasteiger partial charge in [0.2, 0.25) is 0 Å². The number of Topliss-reactive ketones (excluding diaryl/α,β-unsaturated/α-hetero) is 1. The lowest BCUT2D eigenvalue weighted by molar-refractivity contribution is -0.131. The molecule has 1 heterocycles. The second-order valence-corrected chi connectivity index (χ2v) is 2.57. The highest BCUT2D eigenvalue weighted by atomic mass is 32.1. The number of anilines is 1. The van der Waals surface area contributed by atoms with E-state index in [-0.39, 0.29) is 10.8 Å². The Morgan fingerprint density at radius 1 is 1.64 bits per heavy atom. The van der Waals surface area contributed by atoms with Gasteiger partial charge >= 0.3 is 5.97 Å². The Morgan fingerprint density at radius 3 is 2.64 bits per heavy atom. The van der Waals surface area contributed by atoms with Gasteiger partial charge in [0.05, 0.1) is 0 Å². The lowest BCUT2D eigenvalue weighted by Gasteiger charge is -1.84. The Morgan fingerprint density at radius 2 is 2.27 bits per heavy atom. The maximum atomic E-state index is 10.7. The molecule has 1 aromatic heterocycles. The van der Waals surface area contributed by atoms with Crippen LogP contribution in [0.1, 0.15) is 9.80 Å². The molecule has 11 heavy (non-hydrogen) atoms. The molecule has 5 nitrogen and oxygen atoms in total. The number of carbonyl (C=O) groups excluding carboxylic acids is 1. The summed E-state index contributed by atoms with van der Waals surface area (Å²) in [5.74, 6) is -2.37. The average molecular weight is 172 g/mol. The van der Waals surface area contributed by atoms with Crippen molar-refractivity contribution in [3.63, 3.8) is 0 Å². The van der Waals surface area contributed by atoms with E-state index in [4.69, 9.17) is 10.8 Å². The smallest absolute Gasteiger partial charge is 0.379 e. The van der Waals surface area contributed by atoms with Gasteiger partial charge in [-0.2, -0.15) is 0 Å². The number of nitrogens with zero attached hydrogens (tertiary/aromatic N) is 1. The van der Waals surface area contributed by atoms with Crippen molar-refractivity contribution in [3.8, 4) is 0 Å². The zero-order valence-electron chi connectivity index (χ0n) is 5.27. The Bertz CT molecular complexity index is 306. The molecule has 0 aromatic carbocycles. The number of thiazole rings is 1. The van der Waals surface area contributed by atoms with Crippen LogP contribution in [0.3, 0.4) is 0 Å². The zero-order valence-corrected chi connectivity index (χ0v) is 6.09. The van der Waals surface area contributed by atoms with Gasteiger partial charge in [-0.25, -0.2) is 9.78 Å². The molecule has 1 aromatic rings. The minimum atomic E-state index is -1.51. The van der Waals surface area contributed by atoms with E-state index < -0.39 is 11.8 Å². The van der Waals surface area contributed by atoms with Gasteiger partial charge in [0.1, 0.15) is 5.82 Å². The van der Waals surface area contributed by atoms with E-state index in [1.807, 2.05) is 0 Å². The fraction of sp³-hybridized carbons (Fsp3) is 0. The largest absolute Gasteiger partial charge is 0.475 e. The number of rotatable bonds is 2. The summed E-state index contributed by atoms with van der Waals surface area (Å²) in [6.45, 7) is 0. The number of carboxylic acids is 1. The third kappa shape index (κ3) is 1.53. The molecule has 0 atom stereocenters. The maximum absolute atomic E-state index is 10.7. The number of ketones is 1. The summed E-state index contributed by atoms with van der Waals surface area (Å²) in [6.07, 6.45) is 0. The summed E-state index contributed by atoms with van der Waals surface area (Å²) in [5.41, 5.74) is 5.17. The van der Waals surface area contributed by atoms with Crippen LogP contribution in [-0.4, -0.2) is 21.8 Å². The second-order valence-electron chi connectivity index (χ2n) is 1.71. The zero-order chi connectivity index (χ0) is 8.43. The predicted molar refractivity (Wildman–Crippen MR) is 38.5 cm³/mol. The molecule has 0 saturated carbocycles. The molecule has 0 saturated heterocycles. The number of nitrogen functional groups attached to an aromatic ring is 1. The fourth-order valence-corrected chi connectivity index (χ4v) is 1.12. The molecule has 58 valence electrons. The first-order chi connectivity index (χ1) is 5.11. The van der Waals surface area contributed by atoms with Crippen LogP contribution in [0.4, 0.5) is 5.82 Å². The topological polar surface area (TPSA) is 93.3 Å². The first-order valence-corrected chi connectivity index (χ1v) is 3.48. The summed E-state index contributed by atoms with van der Waals surface area (Å²) < 4.78 is 0. The predicted octanol–water partition coefficient (Wildman–Crippen LogP) is -0.00740. The fourth-order valence-electron chi connectivity index (χ4n) is 0.482. The summed E-state index contributed by atoms with van der Waals surface area (Å²) in [7, 11) is 0. The van der Waals surface area contributed by atoms with Gasteiger partial charge in [-0.15, -0.1) is 11.3 Å². The Kier molecular flexibility index (Phi) is 1.86. The van der Waals surface area contributed by atoms with Gasteiger partial charge in [0.15, 0.2) is 5.01 Å². The summed E-state index contributed by atoms with van der Waals surface area (Å²) in [4.78, 5) is 24.2. The first-order valence-electron chi connectivity index (χ1n) is 2.60. The minimum Gasteiger partial charge on any atom is -0.475 e. The van der Waals surface area contributed by atoms with Crippen LogP contribution in [0.5, 0.6) is 0 Å². The molecule has 0 amide bonds. The molecule has 0 aliphatic carbocycles. The van der Waals surface area contributed by atoms with Crippen molar-refractivity contribution in [2.45, 2.75) is 0 Å². The van der Waals surface area contributed by atoms with Crippen molar-refractivity contribution < 1.29 is 14.7 Å². The normalized spacial score (nSPS) is 9.45. The van der Waals surface area contributed by atoms with Crippen LogP contribution in [-0.2, 0) is 4.79 Å². The molecular formula is C5H4N2O3S. The molecule has 0 radical (unpaired) electrons. The summed E-state index contributed by atoms with van der Waals surface area (Å²) in [6, 6.07) is 0. The van der Waals surface area contributed by atoms with E-state index in [1.165, 1.54) is 5.38 Å². The van der Waals surface area contributed by atoms with Gasteiger partial charge < -0.3 is 10.8 Å². The van der Waals surface area contributed by atoms with Crippen LogP contribution in [0, 0.1) is 0 Å². The third-order valence-electron chi connectivity index (χ3n) is 0.910. The van der Waals surface area contributed by atoms with Crippen molar-refractivity contribution >= 4 is 28.9 Å². The highest BCUT2D eigenvalue weighted by molar-refractivity contribution is 7.12. The van der Waals surface area contributed by atoms with Crippen LogP contribution < -0.4 is 5.73 Å². The lowest BCUT2D eigenvalue weighted by Crippen LogP contribution is -2.12. The molecule has 1 rings (SSSR count). The molecule has 0 fully saturated rings. The molecular weight excluding hydrogens is 168 g/mol. The quantitative estimate of drug-likeness (QED) is 0.483. The van der Waals surface area contributed by atoms with Crippen molar-refractivity contribution in [1.82, 2.24) is 4.98 Å². The molecule has 0 bridgehead atoms. The highest BCUT2D eigenvalue weighted by Crippen LogP contribution is 2.11. The van der Waals surface area contributed by atoms with Gasteiger partial charge in [-0.3, -0.25) is 4.79 Å². The van der Waals surface area contributed by atoms with Gasteiger partial charge in [0.25, 0.3) is 5.78 Å². The number of aromatic nitrogens is 1. The van der Waals surface area contributed by atoms with Crippen LogP contribution in [0.25, 0.3) is 0 Å². The number of hydrogen-bond donors (Lipinski definition) is 2. The van der Waals surface area contributed by atoms with E-state index >= 15 is 0 Å². The second kappa shape index (κ2) is 2.67. The van der Waals surface area contributed by atoms with E-state index in [0.717, 1.165) is 11.3 Å². The number of carboxylic acid groups (broad SMARTS) is 1. The molecule has 0 aliphatic rings. The van der Waals surface area contributed by atoms with Crippen LogP contribution >= 0.6 is 11.3 Å². The van der Waals surface area contributed by atoms with Crippen molar-refractivity contribution in [1.29, 1.82) is 0 Å². The van der Waals surface area contributed by atoms with Crippen molar-refractivity contribution in [2.24, 2.45) is 0 Å². The minimum absolute atomic E-state index is 0.0880. The van der Waals surface area contributed by atoms with Crippen molar-refractivity contribution in [2.75, 3.05) is 5.73 Å². The molecule has 0 unspecified atom stereocenters. The van der Waals surface area contributed by atoms with Gasteiger partial charge in [-0.1, -0.05) is 0 Å². The van der Waals surface area contributed by atoms with Crippen molar-refractivity contribution in [3.05, 3.63) is 10.4 Å². The highest BCUT2D eigenvalue weighted by Gasteiger charge is 2.17. The van der Waals surface area contributed by atoms with Crippen LogP contribution in [0.15, 0.2) is 5.38 Å². The third-order valence-corrected chi connectivity index (χ3v) is 1.77. The number of carbonyl (C=O) groups is 2.